The van der Waals surface area contributed by atoms with Gasteiger partial charge < -0.3 is 0 Å². The normalized spacial score (nSPS) is 12.8. The van der Waals surface area contributed by atoms with E-state index in [1.54, 1.807) is 0 Å². The fourth-order valence-corrected chi connectivity index (χ4v) is 1.91. The lowest BCUT2D eigenvalue weighted by Crippen LogP contribution is -1.84. The van der Waals surface area contributed by atoms with Crippen molar-refractivity contribution in [2.45, 2.75) is 18.7 Å². The highest BCUT2D eigenvalue weighted by molar-refractivity contribution is 7.99. The Bertz CT molecular complexity index is 263. The Morgan fingerprint density at radius 1 is 1.17 bits per heavy atom. The Kier molecular flexibility index (Phi) is 3.95. The SMILES string of the molecule is C1=Cc2ccccc2SC1.CC. The molecule has 1 aliphatic rings. The Hall–Kier alpha value is -0.690. The van der Waals surface area contributed by atoms with Crippen LogP contribution in [0.3, 0.4) is 0 Å². The minimum Gasteiger partial charge on any atom is -0.121 e. The quantitative estimate of drug-likeness (QED) is 0.582. The van der Waals surface area contributed by atoms with Crippen LogP contribution in [0.25, 0.3) is 6.08 Å². The molecule has 0 saturated carbocycles. The standard InChI is InChI=1S/C9H8S.C2H6/c1-2-6-9-8(4-1)5-3-7-10-9;1-2/h1-6H,7H2;1-2H3. The van der Waals surface area contributed by atoms with Crippen molar-refractivity contribution in [1.82, 2.24) is 0 Å². The average molecular weight is 178 g/mol. The van der Waals surface area contributed by atoms with Gasteiger partial charge in [0.15, 0.2) is 0 Å². The van der Waals surface area contributed by atoms with Crippen LogP contribution >= 0.6 is 11.8 Å². The summed E-state index contributed by atoms with van der Waals surface area (Å²) >= 11 is 1.90. The van der Waals surface area contributed by atoms with Gasteiger partial charge >= 0.3 is 0 Å². The zero-order chi connectivity index (χ0) is 8.81. The summed E-state index contributed by atoms with van der Waals surface area (Å²) in [5, 5.41) is 0. The molecule has 0 aromatic heterocycles. The van der Waals surface area contributed by atoms with Crippen molar-refractivity contribution in [3.8, 4) is 0 Å². The number of benzene rings is 1. The third-order valence-corrected chi connectivity index (χ3v) is 2.59. The molecule has 1 aromatic carbocycles. The summed E-state index contributed by atoms with van der Waals surface area (Å²) in [6.07, 6.45) is 4.39. The monoisotopic (exact) mass is 178 g/mol. The minimum atomic E-state index is 1.12. The van der Waals surface area contributed by atoms with E-state index in [-0.39, 0.29) is 0 Å². The summed E-state index contributed by atoms with van der Waals surface area (Å²) in [7, 11) is 0. The Morgan fingerprint density at radius 3 is 2.67 bits per heavy atom. The first-order valence-electron chi connectivity index (χ1n) is 4.35. The lowest BCUT2D eigenvalue weighted by atomic mass is 10.2. The molecule has 0 aliphatic carbocycles. The highest BCUT2D eigenvalue weighted by Crippen LogP contribution is 2.27. The van der Waals surface area contributed by atoms with E-state index < -0.39 is 0 Å². The molecule has 0 radical (unpaired) electrons. The molecule has 0 fully saturated rings. The largest absolute Gasteiger partial charge is 0.121 e. The van der Waals surface area contributed by atoms with Crippen LogP contribution in [0, 0.1) is 0 Å². The predicted octanol–water partition coefficient (Wildman–Crippen LogP) is 3.83. The Morgan fingerprint density at radius 2 is 1.92 bits per heavy atom. The molecule has 2 rings (SSSR count). The molecule has 1 aromatic rings. The van der Waals surface area contributed by atoms with Gasteiger partial charge in [0.1, 0.15) is 0 Å². The predicted molar refractivity (Wildman–Crippen MR) is 57.5 cm³/mol. The smallest absolute Gasteiger partial charge is 0.0164 e. The van der Waals surface area contributed by atoms with Crippen LogP contribution < -0.4 is 0 Å². The van der Waals surface area contributed by atoms with Crippen molar-refractivity contribution >= 4 is 17.8 Å². The molecule has 64 valence electrons. The lowest BCUT2D eigenvalue weighted by Gasteiger charge is -2.07. The third kappa shape index (κ3) is 2.15. The van der Waals surface area contributed by atoms with Crippen LogP contribution in [0.5, 0.6) is 0 Å². The van der Waals surface area contributed by atoms with E-state index in [4.69, 9.17) is 0 Å². The second-order valence-corrected chi connectivity index (χ2v) is 3.31. The molecule has 0 saturated heterocycles. The molecule has 1 heterocycles. The van der Waals surface area contributed by atoms with E-state index in [0.29, 0.717) is 0 Å². The second-order valence-electron chi connectivity index (χ2n) is 2.25. The summed E-state index contributed by atoms with van der Waals surface area (Å²) in [5.74, 6) is 1.12. The molecular formula is C11H14S. The van der Waals surface area contributed by atoms with Crippen LogP contribution in [0.1, 0.15) is 19.4 Å². The van der Waals surface area contributed by atoms with Crippen LogP contribution in [-0.2, 0) is 0 Å². The van der Waals surface area contributed by atoms with Crippen molar-refractivity contribution < 1.29 is 0 Å². The summed E-state index contributed by atoms with van der Waals surface area (Å²) in [6, 6.07) is 8.49. The van der Waals surface area contributed by atoms with Gasteiger partial charge in [-0.3, -0.25) is 0 Å². The van der Waals surface area contributed by atoms with Gasteiger partial charge in [-0.1, -0.05) is 44.2 Å². The van der Waals surface area contributed by atoms with E-state index in [1.807, 2.05) is 25.6 Å². The molecule has 0 amide bonds. The maximum atomic E-state index is 2.20. The minimum absolute atomic E-state index is 1.12. The number of rotatable bonds is 0. The molecule has 0 spiro atoms. The summed E-state index contributed by atoms with van der Waals surface area (Å²) in [6.45, 7) is 4.00. The highest BCUT2D eigenvalue weighted by Gasteiger charge is 2.00. The fraction of sp³-hybridized carbons (Fsp3) is 0.273. The Labute approximate surface area is 78.7 Å². The first-order chi connectivity index (χ1) is 5.97. The molecule has 0 bridgehead atoms. The van der Waals surface area contributed by atoms with E-state index >= 15 is 0 Å². The lowest BCUT2D eigenvalue weighted by molar-refractivity contribution is 1.40. The van der Waals surface area contributed by atoms with Gasteiger partial charge in [0.05, 0.1) is 0 Å². The van der Waals surface area contributed by atoms with Gasteiger partial charge in [-0.25, -0.2) is 0 Å². The summed E-state index contributed by atoms with van der Waals surface area (Å²) in [4.78, 5) is 1.41. The molecule has 0 N–H and O–H groups in total. The van der Waals surface area contributed by atoms with Gasteiger partial charge in [0.2, 0.25) is 0 Å². The fourth-order valence-electron chi connectivity index (χ4n) is 1.06. The first kappa shape index (κ1) is 9.40. The van der Waals surface area contributed by atoms with Gasteiger partial charge in [-0.2, -0.15) is 0 Å². The van der Waals surface area contributed by atoms with E-state index in [1.165, 1.54) is 10.5 Å². The maximum Gasteiger partial charge on any atom is 0.0164 e. The van der Waals surface area contributed by atoms with Gasteiger partial charge in [-0.05, 0) is 11.6 Å². The van der Waals surface area contributed by atoms with Gasteiger partial charge in [-0.15, -0.1) is 11.8 Å². The van der Waals surface area contributed by atoms with Crippen molar-refractivity contribution in [2.75, 3.05) is 5.75 Å². The zero-order valence-electron chi connectivity index (χ0n) is 7.58. The maximum absolute atomic E-state index is 2.20. The second kappa shape index (κ2) is 5.04. The zero-order valence-corrected chi connectivity index (χ0v) is 8.40. The highest BCUT2D eigenvalue weighted by atomic mass is 32.2. The summed E-state index contributed by atoms with van der Waals surface area (Å²) < 4.78 is 0. The number of fused-ring (bicyclic) bond motifs is 1. The van der Waals surface area contributed by atoms with Crippen molar-refractivity contribution in [1.29, 1.82) is 0 Å². The van der Waals surface area contributed by atoms with Crippen LogP contribution in [-0.4, -0.2) is 5.75 Å². The molecule has 1 aliphatic heterocycles. The molecule has 1 heteroatoms. The third-order valence-electron chi connectivity index (χ3n) is 1.55. The molecule has 0 atom stereocenters. The van der Waals surface area contributed by atoms with Crippen LogP contribution in [0.2, 0.25) is 0 Å². The van der Waals surface area contributed by atoms with Crippen molar-refractivity contribution in [3.05, 3.63) is 35.9 Å². The molecule has 12 heavy (non-hydrogen) atoms. The van der Waals surface area contributed by atoms with Crippen LogP contribution in [0.15, 0.2) is 35.2 Å². The van der Waals surface area contributed by atoms with Crippen LogP contribution in [0.4, 0.5) is 0 Å². The average Bonchev–Trinajstić information content (AvgIpc) is 2.21. The summed E-state index contributed by atoms with van der Waals surface area (Å²) in [5.41, 5.74) is 1.36. The topological polar surface area (TPSA) is 0 Å². The molecular weight excluding hydrogens is 164 g/mol. The Balaban J connectivity index is 0.000000336. The van der Waals surface area contributed by atoms with Crippen molar-refractivity contribution in [2.24, 2.45) is 0 Å². The van der Waals surface area contributed by atoms with E-state index in [0.717, 1.165) is 5.75 Å². The number of thioether (sulfide) groups is 1. The van der Waals surface area contributed by atoms with Gasteiger partial charge in [0, 0.05) is 10.6 Å². The van der Waals surface area contributed by atoms with Gasteiger partial charge in [0.25, 0.3) is 0 Å². The number of hydrogen-bond acceptors (Lipinski definition) is 1. The number of hydrogen-bond donors (Lipinski definition) is 0. The van der Waals surface area contributed by atoms with E-state index in [2.05, 4.69) is 36.4 Å². The molecule has 0 nitrogen and oxygen atoms in total. The first-order valence-corrected chi connectivity index (χ1v) is 5.34. The van der Waals surface area contributed by atoms with Crippen molar-refractivity contribution in [3.63, 3.8) is 0 Å². The molecule has 0 unspecified atom stereocenters. The van der Waals surface area contributed by atoms with E-state index in [9.17, 15) is 0 Å².